The predicted molar refractivity (Wildman–Crippen MR) is 61.2 cm³/mol. The number of halogens is 3. The first-order valence-corrected chi connectivity index (χ1v) is 5.61. The summed E-state index contributed by atoms with van der Waals surface area (Å²) < 4.78 is 4.77. The SMILES string of the molecule is Oc1ccc(Cl)c(OCC2CC2(Cl)Cl)c1. The molecule has 1 saturated carbocycles. The minimum absolute atomic E-state index is 0.119. The summed E-state index contributed by atoms with van der Waals surface area (Å²) in [6.07, 6.45) is 0.729. The number of rotatable bonds is 3. The van der Waals surface area contributed by atoms with Crippen LogP contribution >= 0.6 is 34.8 Å². The Hall–Kier alpha value is -0.310. The highest BCUT2D eigenvalue weighted by Crippen LogP contribution is 2.53. The van der Waals surface area contributed by atoms with Crippen LogP contribution in [0.3, 0.4) is 0 Å². The van der Waals surface area contributed by atoms with Crippen LogP contribution in [0.5, 0.6) is 11.5 Å². The Morgan fingerprint density at radius 1 is 1.47 bits per heavy atom. The van der Waals surface area contributed by atoms with Gasteiger partial charge in [-0.15, -0.1) is 23.2 Å². The molecule has 0 heterocycles. The van der Waals surface area contributed by atoms with E-state index in [1.54, 1.807) is 6.07 Å². The lowest BCUT2D eigenvalue weighted by atomic mass is 10.3. The van der Waals surface area contributed by atoms with Gasteiger partial charge in [-0.3, -0.25) is 0 Å². The number of aromatic hydroxyl groups is 1. The Labute approximate surface area is 103 Å². The summed E-state index contributed by atoms with van der Waals surface area (Å²) in [6.45, 7) is 0.413. The zero-order chi connectivity index (χ0) is 11.1. The molecule has 1 aliphatic carbocycles. The van der Waals surface area contributed by atoms with Crippen molar-refractivity contribution >= 4 is 34.8 Å². The van der Waals surface area contributed by atoms with Crippen molar-refractivity contribution in [2.45, 2.75) is 10.8 Å². The number of hydrogen-bond donors (Lipinski definition) is 1. The fourth-order valence-electron chi connectivity index (χ4n) is 1.24. The van der Waals surface area contributed by atoms with Gasteiger partial charge in [-0.25, -0.2) is 0 Å². The van der Waals surface area contributed by atoms with Crippen LogP contribution in [0.1, 0.15) is 6.42 Å². The Balaban J connectivity index is 1.96. The summed E-state index contributed by atoms with van der Waals surface area (Å²) in [5.41, 5.74) is 0. The molecule has 1 fully saturated rings. The van der Waals surface area contributed by atoms with Crippen molar-refractivity contribution in [3.63, 3.8) is 0 Å². The van der Waals surface area contributed by atoms with E-state index in [9.17, 15) is 5.11 Å². The van der Waals surface area contributed by atoms with Gasteiger partial charge in [0.15, 0.2) is 0 Å². The van der Waals surface area contributed by atoms with Crippen LogP contribution in [0.4, 0.5) is 0 Å². The van der Waals surface area contributed by atoms with Gasteiger partial charge in [-0.1, -0.05) is 11.6 Å². The molecule has 1 aromatic rings. The molecule has 0 amide bonds. The Morgan fingerprint density at radius 2 is 2.13 bits per heavy atom. The smallest absolute Gasteiger partial charge is 0.141 e. The zero-order valence-electron chi connectivity index (χ0n) is 7.71. The average Bonchev–Trinajstić information content (AvgIpc) is 2.76. The van der Waals surface area contributed by atoms with Crippen LogP contribution in [0, 0.1) is 5.92 Å². The lowest BCUT2D eigenvalue weighted by molar-refractivity contribution is 0.297. The number of phenols is 1. The van der Waals surface area contributed by atoms with E-state index in [1.165, 1.54) is 12.1 Å². The Bertz CT molecular complexity index is 379. The molecule has 2 nitrogen and oxygen atoms in total. The molecule has 2 rings (SSSR count). The van der Waals surface area contributed by atoms with Crippen LogP contribution < -0.4 is 4.74 Å². The van der Waals surface area contributed by atoms with Crippen molar-refractivity contribution in [1.82, 2.24) is 0 Å². The average molecular weight is 268 g/mol. The van der Waals surface area contributed by atoms with E-state index >= 15 is 0 Å². The maximum absolute atomic E-state index is 9.23. The maximum atomic E-state index is 9.23. The molecular formula is C10H9Cl3O2. The highest BCUT2D eigenvalue weighted by molar-refractivity contribution is 6.50. The topological polar surface area (TPSA) is 29.5 Å². The minimum atomic E-state index is -0.650. The van der Waals surface area contributed by atoms with E-state index < -0.39 is 4.33 Å². The molecule has 0 bridgehead atoms. The van der Waals surface area contributed by atoms with Crippen molar-refractivity contribution in [2.75, 3.05) is 6.61 Å². The van der Waals surface area contributed by atoms with Gasteiger partial charge in [0.05, 0.1) is 11.6 Å². The summed E-state index contributed by atoms with van der Waals surface area (Å²) in [5, 5.41) is 9.69. The number of ether oxygens (including phenoxy) is 1. The molecule has 5 heteroatoms. The number of hydrogen-bond acceptors (Lipinski definition) is 2. The van der Waals surface area contributed by atoms with Crippen LogP contribution in [0.2, 0.25) is 5.02 Å². The first kappa shape index (κ1) is 11.2. The molecule has 15 heavy (non-hydrogen) atoms. The van der Waals surface area contributed by atoms with E-state index in [4.69, 9.17) is 39.5 Å². The molecule has 1 N–H and O–H groups in total. The Morgan fingerprint density at radius 3 is 2.73 bits per heavy atom. The van der Waals surface area contributed by atoms with E-state index in [0.717, 1.165) is 6.42 Å². The lowest BCUT2D eigenvalue weighted by Crippen LogP contribution is -2.04. The van der Waals surface area contributed by atoms with Crippen molar-refractivity contribution in [1.29, 1.82) is 0 Å². The summed E-state index contributed by atoms with van der Waals surface area (Å²) in [7, 11) is 0. The standard InChI is InChI=1S/C10H9Cl3O2/c11-8-2-1-7(14)3-9(8)15-5-6-4-10(6,12)13/h1-3,6,14H,4-5H2. The van der Waals surface area contributed by atoms with Crippen molar-refractivity contribution < 1.29 is 9.84 Å². The second-order valence-electron chi connectivity index (χ2n) is 3.59. The van der Waals surface area contributed by atoms with Gasteiger partial charge in [0.2, 0.25) is 0 Å². The minimum Gasteiger partial charge on any atom is -0.508 e. The lowest BCUT2D eigenvalue weighted by Gasteiger charge is -2.08. The summed E-state index contributed by atoms with van der Waals surface area (Å²) in [6, 6.07) is 4.54. The quantitative estimate of drug-likeness (QED) is 0.848. The normalized spacial score (nSPS) is 22.5. The monoisotopic (exact) mass is 266 g/mol. The molecule has 0 spiro atoms. The first-order chi connectivity index (χ1) is 6.99. The fraction of sp³-hybridized carbons (Fsp3) is 0.400. The molecule has 0 saturated heterocycles. The van der Waals surface area contributed by atoms with E-state index in [-0.39, 0.29) is 11.7 Å². The number of benzene rings is 1. The molecule has 1 unspecified atom stereocenters. The molecule has 0 aliphatic heterocycles. The third-order valence-corrected chi connectivity index (χ3v) is 3.55. The molecule has 1 aromatic carbocycles. The third kappa shape index (κ3) is 2.63. The number of phenolic OH excluding ortho intramolecular Hbond substituents is 1. The van der Waals surface area contributed by atoms with Gasteiger partial charge in [0.25, 0.3) is 0 Å². The molecule has 0 radical (unpaired) electrons. The van der Waals surface area contributed by atoms with Crippen molar-refractivity contribution in [3.05, 3.63) is 23.2 Å². The van der Waals surface area contributed by atoms with Crippen molar-refractivity contribution in [2.24, 2.45) is 5.92 Å². The second-order valence-corrected chi connectivity index (χ2v) is 5.54. The van der Waals surface area contributed by atoms with Crippen LogP contribution in [0.25, 0.3) is 0 Å². The molecule has 82 valence electrons. The van der Waals surface area contributed by atoms with Gasteiger partial charge in [0, 0.05) is 12.0 Å². The predicted octanol–water partition coefficient (Wildman–Crippen LogP) is 3.62. The van der Waals surface area contributed by atoms with Crippen LogP contribution in [0.15, 0.2) is 18.2 Å². The highest BCUT2D eigenvalue weighted by Gasteiger charge is 2.52. The first-order valence-electron chi connectivity index (χ1n) is 4.48. The fourth-order valence-corrected chi connectivity index (χ4v) is 1.91. The summed E-state index contributed by atoms with van der Waals surface area (Å²) in [5.74, 6) is 0.708. The van der Waals surface area contributed by atoms with Crippen molar-refractivity contribution in [3.8, 4) is 11.5 Å². The zero-order valence-corrected chi connectivity index (χ0v) is 9.98. The molecule has 1 atom stereocenters. The molecule has 0 aromatic heterocycles. The van der Waals surface area contributed by atoms with Gasteiger partial charge < -0.3 is 9.84 Å². The summed E-state index contributed by atoms with van der Waals surface area (Å²) in [4.78, 5) is 0. The molecular weight excluding hydrogens is 258 g/mol. The third-order valence-electron chi connectivity index (χ3n) is 2.31. The van der Waals surface area contributed by atoms with Gasteiger partial charge >= 0.3 is 0 Å². The van der Waals surface area contributed by atoms with Gasteiger partial charge in [-0.2, -0.15) is 0 Å². The maximum Gasteiger partial charge on any atom is 0.141 e. The molecule has 1 aliphatic rings. The number of alkyl halides is 2. The van der Waals surface area contributed by atoms with Crippen LogP contribution in [-0.4, -0.2) is 16.0 Å². The van der Waals surface area contributed by atoms with E-state index in [2.05, 4.69) is 0 Å². The van der Waals surface area contributed by atoms with Gasteiger partial charge in [0.1, 0.15) is 15.8 Å². The van der Waals surface area contributed by atoms with Crippen LogP contribution in [-0.2, 0) is 0 Å². The van der Waals surface area contributed by atoms with E-state index in [1.807, 2.05) is 0 Å². The highest BCUT2D eigenvalue weighted by atomic mass is 35.5. The summed E-state index contributed by atoms with van der Waals surface area (Å²) >= 11 is 17.6. The second kappa shape index (κ2) is 3.93. The van der Waals surface area contributed by atoms with E-state index in [0.29, 0.717) is 17.4 Å². The van der Waals surface area contributed by atoms with Gasteiger partial charge in [-0.05, 0) is 18.6 Å². The largest absolute Gasteiger partial charge is 0.508 e. The Kier molecular flexibility index (Phi) is 2.93.